The Kier molecular flexibility index (Phi) is 3.39. The van der Waals surface area contributed by atoms with Crippen molar-refractivity contribution in [2.75, 3.05) is 0 Å². The van der Waals surface area contributed by atoms with Gasteiger partial charge in [0.05, 0.1) is 18.0 Å². The van der Waals surface area contributed by atoms with Gasteiger partial charge in [0.1, 0.15) is 30.2 Å². The average molecular weight is 243 g/mol. The van der Waals surface area contributed by atoms with Crippen LogP contribution in [0.2, 0.25) is 0 Å². The zero-order chi connectivity index (χ0) is 12.6. The second kappa shape index (κ2) is 4.66. The van der Waals surface area contributed by atoms with Crippen LogP contribution in [0.3, 0.4) is 0 Å². The van der Waals surface area contributed by atoms with Gasteiger partial charge in [0.2, 0.25) is 0 Å². The summed E-state index contributed by atoms with van der Waals surface area (Å²) in [6, 6.07) is 2.47. The minimum atomic E-state index is -1.20. The van der Waals surface area contributed by atoms with Crippen molar-refractivity contribution >= 4 is 0 Å². The molecule has 3 N–H and O–H groups in total. The number of nitrogens with zero attached hydrogens (tertiary/aromatic N) is 1. The monoisotopic (exact) mass is 243 g/mol. The van der Waals surface area contributed by atoms with Crippen LogP contribution >= 0.6 is 0 Å². The lowest BCUT2D eigenvalue weighted by molar-refractivity contribution is -0.0651. The van der Waals surface area contributed by atoms with E-state index in [0.29, 0.717) is 0 Å². The number of aliphatic hydroxyl groups excluding tert-OH is 3. The van der Waals surface area contributed by atoms with Gasteiger partial charge < -0.3 is 20.1 Å². The maximum atomic E-state index is 12.7. The number of aliphatic hydroxyl groups is 3. The molecular formula is C11H14FNO4. The summed E-state index contributed by atoms with van der Waals surface area (Å²) in [4.78, 5) is 3.71. The number of aromatic nitrogens is 1. The lowest BCUT2D eigenvalue weighted by atomic mass is 10.0. The van der Waals surface area contributed by atoms with Gasteiger partial charge in [-0.2, -0.15) is 0 Å². The van der Waals surface area contributed by atoms with Crippen LogP contribution in [-0.2, 0) is 4.74 Å². The van der Waals surface area contributed by atoms with E-state index in [9.17, 15) is 19.7 Å². The fourth-order valence-corrected chi connectivity index (χ4v) is 1.87. The molecule has 0 amide bonds. The van der Waals surface area contributed by atoms with Crippen molar-refractivity contribution in [2.45, 2.75) is 37.4 Å². The number of ether oxygens (including phenoxy) is 1. The molecule has 1 fully saturated rings. The molecule has 0 bridgehead atoms. The van der Waals surface area contributed by atoms with E-state index in [-0.39, 0.29) is 5.69 Å². The molecule has 5 atom stereocenters. The highest BCUT2D eigenvalue weighted by Gasteiger charge is 2.44. The van der Waals surface area contributed by atoms with E-state index in [1.54, 1.807) is 6.92 Å². The van der Waals surface area contributed by atoms with Crippen molar-refractivity contribution in [3.63, 3.8) is 0 Å². The predicted molar refractivity (Wildman–Crippen MR) is 55.5 cm³/mol. The standard InChI is InChI=1S/C11H14FNO4/c1-5-8(14)10(16)11(17-5)9(15)7-3-2-6(12)4-13-7/h2-5,8-11,14-16H,1H3. The lowest BCUT2D eigenvalue weighted by Crippen LogP contribution is -2.35. The van der Waals surface area contributed by atoms with Crippen LogP contribution in [0.25, 0.3) is 0 Å². The number of hydrogen-bond donors (Lipinski definition) is 3. The summed E-state index contributed by atoms with van der Waals surface area (Å²) >= 11 is 0. The second-order valence-corrected chi connectivity index (χ2v) is 4.13. The van der Waals surface area contributed by atoms with Crippen LogP contribution in [0.5, 0.6) is 0 Å². The maximum Gasteiger partial charge on any atom is 0.141 e. The maximum absolute atomic E-state index is 12.7. The fraction of sp³-hybridized carbons (Fsp3) is 0.545. The molecule has 1 aliphatic rings. The van der Waals surface area contributed by atoms with Gasteiger partial charge in [-0.1, -0.05) is 0 Å². The number of halogens is 1. The summed E-state index contributed by atoms with van der Waals surface area (Å²) in [7, 11) is 0. The summed E-state index contributed by atoms with van der Waals surface area (Å²) in [5.41, 5.74) is 0.191. The molecule has 1 aliphatic heterocycles. The Labute approximate surface area is 97.5 Å². The number of rotatable bonds is 2. The number of pyridine rings is 1. The molecule has 17 heavy (non-hydrogen) atoms. The minimum absolute atomic E-state index is 0.191. The molecule has 0 saturated carbocycles. The summed E-state index contributed by atoms with van der Waals surface area (Å²) in [6.07, 6.45) is -3.99. The van der Waals surface area contributed by atoms with Crippen LogP contribution < -0.4 is 0 Å². The highest BCUT2D eigenvalue weighted by molar-refractivity contribution is 5.11. The van der Waals surface area contributed by atoms with Gasteiger partial charge in [-0.05, 0) is 19.1 Å². The van der Waals surface area contributed by atoms with Gasteiger partial charge in [0.15, 0.2) is 0 Å². The normalized spacial score (nSPS) is 34.9. The van der Waals surface area contributed by atoms with Gasteiger partial charge in [0, 0.05) is 0 Å². The third-order valence-electron chi connectivity index (χ3n) is 2.90. The van der Waals surface area contributed by atoms with Gasteiger partial charge in [-0.3, -0.25) is 4.98 Å². The summed E-state index contributed by atoms with van der Waals surface area (Å²) in [5, 5.41) is 29.1. The largest absolute Gasteiger partial charge is 0.388 e. The van der Waals surface area contributed by atoms with Gasteiger partial charge in [-0.15, -0.1) is 0 Å². The topological polar surface area (TPSA) is 82.8 Å². The van der Waals surface area contributed by atoms with Crippen LogP contribution in [-0.4, -0.2) is 44.7 Å². The molecular weight excluding hydrogens is 229 g/mol. The quantitative estimate of drug-likeness (QED) is 0.668. The zero-order valence-electron chi connectivity index (χ0n) is 9.19. The van der Waals surface area contributed by atoms with E-state index in [4.69, 9.17) is 4.74 Å². The lowest BCUT2D eigenvalue weighted by Gasteiger charge is -2.20. The summed E-state index contributed by atoms with van der Waals surface area (Å²) < 4.78 is 17.9. The van der Waals surface area contributed by atoms with Crippen molar-refractivity contribution < 1.29 is 24.4 Å². The first-order valence-electron chi connectivity index (χ1n) is 5.32. The molecule has 0 aliphatic carbocycles. The van der Waals surface area contributed by atoms with Crippen LogP contribution in [0.1, 0.15) is 18.7 Å². The van der Waals surface area contributed by atoms with Crippen molar-refractivity contribution in [3.8, 4) is 0 Å². The SMILES string of the molecule is CC1OC(C(O)c2ccc(F)cn2)C(O)C1O. The third kappa shape index (κ3) is 2.30. The molecule has 0 radical (unpaired) electrons. The fourth-order valence-electron chi connectivity index (χ4n) is 1.87. The molecule has 0 spiro atoms. The van der Waals surface area contributed by atoms with Crippen LogP contribution in [0.15, 0.2) is 18.3 Å². The molecule has 1 aromatic rings. The third-order valence-corrected chi connectivity index (χ3v) is 2.90. The van der Waals surface area contributed by atoms with E-state index < -0.39 is 36.3 Å². The Balaban J connectivity index is 2.15. The minimum Gasteiger partial charge on any atom is -0.388 e. The molecule has 5 nitrogen and oxygen atoms in total. The Morgan fingerprint density at radius 1 is 1.35 bits per heavy atom. The Morgan fingerprint density at radius 3 is 2.53 bits per heavy atom. The smallest absolute Gasteiger partial charge is 0.141 e. The first kappa shape index (κ1) is 12.4. The van der Waals surface area contributed by atoms with E-state index in [1.807, 2.05) is 0 Å². The first-order chi connectivity index (χ1) is 8.00. The number of hydrogen-bond acceptors (Lipinski definition) is 5. The van der Waals surface area contributed by atoms with Gasteiger partial charge >= 0.3 is 0 Å². The molecule has 0 aromatic carbocycles. The summed E-state index contributed by atoms with van der Waals surface area (Å²) in [6.45, 7) is 1.60. The van der Waals surface area contributed by atoms with Crippen LogP contribution in [0, 0.1) is 5.82 Å². The Morgan fingerprint density at radius 2 is 2.06 bits per heavy atom. The highest BCUT2D eigenvalue weighted by atomic mass is 19.1. The van der Waals surface area contributed by atoms with Crippen molar-refractivity contribution in [1.29, 1.82) is 0 Å². The molecule has 2 rings (SSSR count). The van der Waals surface area contributed by atoms with Gasteiger partial charge in [-0.25, -0.2) is 4.39 Å². The van der Waals surface area contributed by atoms with Crippen molar-refractivity contribution in [1.82, 2.24) is 4.98 Å². The average Bonchev–Trinajstić information content (AvgIpc) is 2.57. The summed E-state index contributed by atoms with van der Waals surface area (Å²) in [5.74, 6) is -0.512. The molecule has 94 valence electrons. The first-order valence-corrected chi connectivity index (χ1v) is 5.32. The van der Waals surface area contributed by atoms with E-state index in [1.165, 1.54) is 6.07 Å². The van der Waals surface area contributed by atoms with Crippen molar-refractivity contribution in [3.05, 3.63) is 29.8 Å². The van der Waals surface area contributed by atoms with E-state index in [0.717, 1.165) is 12.3 Å². The molecule has 2 heterocycles. The molecule has 1 aromatic heterocycles. The predicted octanol–water partition coefficient (Wildman–Crippen LogP) is -0.237. The molecule has 5 unspecified atom stereocenters. The highest BCUT2D eigenvalue weighted by Crippen LogP contribution is 2.29. The van der Waals surface area contributed by atoms with E-state index >= 15 is 0 Å². The zero-order valence-corrected chi connectivity index (χ0v) is 9.19. The Hall–Kier alpha value is -1.08. The molecule has 6 heteroatoms. The van der Waals surface area contributed by atoms with Crippen molar-refractivity contribution in [2.24, 2.45) is 0 Å². The molecule has 1 saturated heterocycles. The Bertz CT molecular complexity index is 386. The van der Waals surface area contributed by atoms with E-state index in [2.05, 4.69) is 4.98 Å². The van der Waals surface area contributed by atoms with Gasteiger partial charge in [0.25, 0.3) is 0 Å². The van der Waals surface area contributed by atoms with Crippen LogP contribution in [0.4, 0.5) is 4.39 Å². The second-order valence-electron chi connectivity index (χ2n) is 4.13.